The summed E-state index contributed by atoms with van der Waals surface area (Å²) in [6, 6.07) is 10.1. The zero-order valence-electron chi connectivity index (χ0n) is 24.6. The Hall–Kier alpha value is -5.38. The lowest BCUT2D eigenvalue weighted by Gasteiger charge is -2.21. The van der Waals surface area contributed by atoms with Crippen molar-refractivity contribution in [3.63, 3.8) is 0 Å². The molecule has 1 fully saturated rings. The van der Waals surface area contributed by atoms with Crippen LogP contribution < -0.4 is 10.6 Å². The number of aryl methyl sites for hydroxylation is 2. The molecule has 234 valence electrons. The minimum absolute atomic E-state index is 0.0832. The number of ether oxygens (including phenoxy) is 3. The van der Waals surface area contributed by atoms with Gasteiger partial charge in [-0.15, -0.1) is 0 Å². The third-order valence-electron chi connectivity index (χ3n) is 7.33. The minimum atomic E-state index is -1.09. The molecule has 6 rings (SSSR count). The van der Waals surface area contributed by atoms with Gasteiger partial charge in [0.1, 0.15) is 0 Å². The van der Waals surface area contributed by atoms with Crippen LogP contribution >= 0.6 is 0 Å². The molecule has 0 amide bonds. The van der Waals surface area contributed by atoms with Crippen molar-refractivity contribution in [1.29, 1.82) is 0 Å². The summed E-state index contributed by atoms with van der Waals surface area (Å²) >= 11 is 0. The van der Waals surface area contributed by atoms with E-state index in [2.05, 4.69) is 42.9 Å². The van der Waals surface area contributed by atoms with Gasteiger partial charge in [-0.05, 0) is 12.0 Å². The van der Waals surface area contributed by atoms with Crippen LogP contribution in [-0.4, -0.2) is 77.5 Å². The van der Waals surface area contributed by atoms with E-state index in [4.69, 9.17) is 28.7 Å². The van der Waals surface area contributed by atoms with Crippen molar-refractivity contribution in [2.45, 2.75) is 50.7 Å². The van der Waals surface area contributed by atoms with Crippen LogP contribution in [0.2, 0.25) is 0 Å². The Morgan fingerprint density at radius 3 is 2.49 bits per heavy atom. The maximum atomic E-state index is 11.6. The number of imidazole rings is 2. The zero-order valence-corrected chi connectivity index (χ0v) is 24.6. The Kier molecular flexibility index (Phi) is 8.91. The molecule has 1 aliphatic rings. The predicted octanol–water partition coefficient (Wildman–Crippen LogP) is 2.17. The molecule has 0 bridgehead atoms. The first-order chi connectivity index (χ1) is 22.1. The largest absolute Gasteiger partial charge is 0.457 e. The van der Waals surface area contributed by atoms with Gasteiger partial charge >= 0.3 is 0 Å². The first-order valence-corrected chi connectivity index (χ1v) is 14.5. The molecule has 16 heteroatoms. The SMILES string of the molecule is CCc1noc([C@H]2O[C@@H](n3cnc4c(NCCc5ccccc5)nc(NCCc5cn(C)cn5)nc43)[C@H](OC=O)[C@@H]2OC=O)n1. The molecule has 0 radical (unpaired) electrons. The molecule has 1 saturated heterocycles. The fourth-order valence-electron chi connectivity index (χ4n) is 5.18. The zero-order chi connectivity index (χ0) is 31.2. The Morgan fingerprint density at radius 2 is 1.76 bits per heavy atom. The van der Waals surface area contributed by atoms with Crippen molar-refractivity contribution < 1.29 is 28.3 Å². The minimum Gasteiger partial charge on any atom is -0.457 e. The number of nitrogens with one attached hydrogen (secondary N) is 2. The molecule has 2 N–H and O–H groups in total. The molecule has 0 aliphatic carbocycles. The molecule has 1 aliphatic heterocycles. The van der Waals surface area contributed by atoms with Gasteiger partial charge in [-0.1, -0.05) is 42.4 Å². The van der Waals surface area contributed by atoms with Crippen molar-refractivity contribution in [3.05, 3.63) is 72.2 Å². The highest BCUT2D eigenvalue weighted by Crippen LogP contribution is 2.42. The summed E-state index contributed by atoms with van der Waals surface area (Å²) in [5.74, 6) is 1.38. The van der Waals surface area contributed by atoms with Crippen molar-refractivity contribution in [1.82, 2.24) is 39.2 Å². The van der Waals surface area contributed by atoms with Crippen LogP contribution in [0.1, 0.15) is 42.2 Å². The van der Waals surface area contributed by atoms with E-state index in [1.807, 2.05) is 42.9 Å². The molecular formula is C29H32N10O6. The van der Waals surface area contributed by atoms with E-state index in [0.29, 0.717) is 54.7 Å². The normalized spacial score (nSPS) is 19.4. The lowest BCUT2D eigenvalue weighted by Crippen LogP contribution is -2.34. The maximum Gasteiger partial charge on any atom is 0.293 e. The smallest absolute Gasteiger partial charge is 0.293 e. The summed E-state index contributed by atoms with van der Waals surface area (Å²) in [6.45, 7) is 3.50. The van der Waals surface area contributed by atoms with Crippen LogP contribution in [0.25, 0.3) is 11.2 Å². The molecule has 5 heterocycles. The third kappa shape index (κ3) is 6.45. The van der Waals surface area contributed by atoms with Gasteiger partial charge < -0.3 is 33.9 Å². The maximum absolute atomic E-state index is 11.6. The Morgan fingerprint density at radius 1 is 0.956 bits per heavy atom. The molecule has 1 aromatic carbocycles. The quantitative estimate of drug-likeness (QED) is 0.163. The topological polar surface area (TPSA) is 186 Å². The number of carbonyl (C=O) groups is 2. The standard InChI is InChI=1S/C29H32N10O6/c1-3-20-34-27(45-37-20)23-22(42-16-40)24(43-17-41)28(44-23)39-15-33-21-25(30-11-9-18-7-5-4-6-8-18)35-29(36-26(21)39)31-12-10-19-13-38(2)14-32-19/h4-8,13-17,22-24,28H,3,9-12H2,1-2H3,(H2,30,31,35,36)/t22-,23+,24-,28-/m1/s1. The summed E-state index contributed by atoms with van der Waals surface area (Å²) in [7, 11) is 1.92. The lowest BCUT2D eigenvalue weighted by atomic mass is 10.1. The second-order valence-corrected chi connectivity index (χ2v) is 10.3. The highest BCUT2D eigenvalue weighted by atomic mass is 16.6. The molecule has 5 aromatic rings. The summed E-state index contributed by atoms with van der Waals surface area (Å²) in [4.78, 5) is 45.9. The lowest BCUT2D eigenvalue weighted by molar-refractivity contribution is -0.151. The molecule has 45 heavy (non-hydrogen) atoms. The second kappa shape index (κ2) is 13.5. The highest BCUT2D eigenvalue weighted by molar-refractivity contribution is 5.84. The van der Waals surface area contributed by atoms with Crippen LogP contribution in [-0.2, 0) is 50.1 Å². The van der Waals surface area contributed by atoms with Crippen molar-refractivity contribution in [3.8, 4) is 0 Å². The first-order valence-electron chi connectivity index (χ1n) is 14.5. The second-order valence-electron chi connectivity index (χ2n) is 10.3. The fraction of sp³-hybridized carbons (Fsp3) is 0.379. The van der Waals surface area contributed by atoms with Crippen LogP contribution in [0.15, 0.2) is 53.7 Å². The highest BCUT2D eigenvalue weighted by Gasteiger charge is 2.52. The molecule has 4 atom stereocenters. The third-order valence-corrected chi connectivity index (χ3v) is 7.33. The Balaban J connectivity index is 1.33. The van der Waals surface area contributed by atoms with E-state index in [9.17, 15) is 9.59 Å². The monoisotopic (exact) mass is 616 g/mol. The van der Waals surface area contributed by atoms with Gasteiger partial charge in [-0.2, -0.15) is 15.0 Å². The number of carbonyl (C=O) groups excluding carboxylic acids is 2. The van der Waals surface area contributed by atoms with Crippen LogP contribution in [0, 0.1) is 0 Å². The fourth-order valence-corrected chi connectivity index (χ4v) is 5.18. The molecule has 0 unspecified atom stereocenters. The van der Waals surface area contributed by atoms with E-state index in [1.165, 1.54) is 11.9 Å². The van der Waals surface area contributed by atoms with Crippen LogP contribution in [0.3, 0.4) is 0 Å². The number of anilines is 2. The van der Waals surface area contributed by atoms with Gasteiger partial charge in [0.2, 0.25) is 5.95 Å². The predicted molar refractivity (Wildman–Crippen MR) is 158 cm³/mol. The van der Waals surface area contributed by atoms with Gasteiger partial charge in [-0.25, -0.2) is 9.97 Å². The average Bonchev–Trinajstić information content (AvgIpc) is 3.85. The Bertz CT molecular complexity index is 1740. The van der Waals surface area contributed by atoms with Gasteiger partial charge in [0.25, 0.3) is 18.8 Å². The number of aromatic nitrogens is 8. The number of nitrogens with zero attached hydrogens (tertiary/aromatic N) is 8. The average molecular weight is 617 g/mol. The molecule has 0 spiro atoms. The molecule has 0 saturated carbocycles. The summed E-state index contributed by atoms with van der Waals surface area (Å²) in [5.41, 5.74) is 2.95. The number of rotatable bonds is 15. The van der Waals surface area contributed by atoms with E-state index in [1.54, 1.807) is 10.9 Å². The number of benzene rings is 1. The van der Waals surface area contributed by atoms with E-state index in [-0.39, 0.29) is 18.8 Å². The Labute approximate surface area is 257 Å². The van der Waals surface area contributed by atoms with Gasteiger partial charge in [0, 0.05) is 39.2 Å². The summed E-state index contributed by atoms with van der Waals surface area (Å²) in [5, 5.41) is 10.6. The number of fused-ring (bicyclic) bond motifs is 1. The van der Waals surface area contributed by atoms with E-state index >= 15 is 0 Å². The molecular weight excluding hydrogens is 584 g/mol. The van der Waals surface area contributed by atoms with Gasteiger partial charge in [0.05, 0.1) is 18.3 Å². The first kappa shape index (κ1) is 29.7. The van der Waals surface area contributed by atoms with E-state index < -0.39 is 24.5 Å². The van der Waals surface area contributed by atoms with Gasteiger partial charge in [-0.3, -0.25) is 14.2 Å². The van der Waals surface area contributed by atoms with Crippen LogP contribution in [0.5, 0.6) is 0 Å². The van der Waals surface area contributed by atoms with E-state index in [0.717, 1.165) is 12.1 Å². The molecule has 16 nitrogen and oxygen atoms in total. The van der Waals surface area contributed by atoms with Gasteiger partial charge in [0.15, 0.2) is 47.3 Å². The van der Waals surface area contributed by atoms with Crippen molar-refractivity contribution in [2.75, 3.05) is 23.7 Å². The summed E-state index contributed by atoms with van der Waals surface area (Å²) < 4.78 is 25.9. The number of hydrogen-bond acceptors (Lipinski definition) is 14. The molecule has 4 aromatic heterocycles. The van der Waals surface area contributed by atoms with Crippen LogP contribution in [0.4, 0.5) is 11.8 Å². The summed E-state index contributed by atoms with van der Waals surface area (Å²) in [6.07, 6.45) is 2.93. The number of hydrogen-bond donors (Lipinski definition) is 2. The van der Waals surface area contributed by atoms with Crippen molar-refractivity contribution >= 4 is 35.9 Å². The van der Waals surface area contributed by atoms with Crippen molar-refractivity contribution in [2.24, 2.45) is 7.05 Å².